The van der Waals surface area contributed by atoms with Gasteiger partial charge in [-0.15, -0.1) is 0 Å². The molecule has 2 fully saturated rings. The number of aromatic nitrogens is 2. The standard InChI is InChI=1S/C16H26N4O4S/c1-25(22,23)20-7-5-13(6-8-20)16(21)18-14-10-17-19(11-14)12-15-4-2-3-9-24-15/h10-11,13,15H,2-9,12H2,1H3,(H,18,21). The van der Waals surface area contributed by atoms with Crippen molar-refractivity contribution >= 4 is 21.6 Å². The van der Waals surface area contributed by atoms with Gasteiger partial charge in [-0.2, -0.15) is 5.10 Å². The Morgan fingerprint density at radius 2 is 2.08 bits per heavy atom. The van der Waals surface area contributed by atoms with Crippen molar-refractivity contribution in [1.82, 2.24) is 14.1 Å². The number of nitrogens with one attached hydrogen (secondary N) is 1. The Hall–Kier alpha value is -1.45. The largest absolute Gasteiger partial charge is 0.376 e. The number of carbonyl (C=O) groups is 1. The molecule has 0 radical (unpaired) electrons. The molecule has 9 heteroatoms. The van der Waals surface area contributed by atoms with Crippen LogP contribution in [0.3, 0.4) is 0 Å². The first-order valence-corrected chi connectivity index (χ1v) is 10.7. The van der Waals surface area contributed by atoms with E-state index in [0.29, 0.717) is 38.2 Å². The molecule has 0 bridgehead atoms. The number of piperidine rings is 1. The molecular weight excluding hydrogens is 344 g/mol. The smallest absolute Gasteiger partial charge is 0.227 e. The second kappa shape index (κ2) is 7.84. The zero-order chi connectivity index (χ0) is 17.9. The van der Waals surface area contributed by atoms with Crippen LogP contribution in [-0.4, -0.2) is 60.5 Å². The van der Waals surface area contributed by atoms with E-state index in [4.69, 9.17) is 4.74 Å². The van der Waals surface area contributed by atoms with Crippen molar-refractivity contribution in [3.05, 3.63) is 12.4 Å². The molecule has 2 aliphatic rings. The highest BCUT2D eigenvalue weighted by molar-refractivity contribution is 7.88. The Balaban J connectivity index is 1.48. The van der Waals surface area contributed by atoms with E-state index < -0.39 is 10.0 Å². The normalized spacial score (nSPS) is 23.5. The summed E-state index contributed by atoms with van der Waals surface area (Å²) in [7, 11) is -3.17. The Labute approximate surface area is 148 Å². The maximum absolute atomic E-state index is 12.4. The molecule has 0 saturated carbocycles. The van der Waals surface area contributed by atoms with E-state index in [0.717, 1.165) is 19.4 Å². The number of hydrogen-bond acceptors (Lipinski definition) is 5. The number of nitrogens with zero attached hydrogens (tertiary/aromatic N) is 3. The summed E-state index contributed by atoms with van der Waals surface area (Å²) in [6.45, 7) is 2.30. The summed E-state index contributed by atoms with van der Waals surface area (Å²) in [5.41, 5.74) is 0.673. The molecule has 1 atom stereocenters. The van der Waals surface area contributed by atoms with Gasteiger partial charge in [0.05, 0.1) is 30.8 Å². The van der Waals surface area contributed by atoms with Gasteiger partial charge < -0.3 is 10.1 Å². The third-order valence-corrected chi connectivity index (χ3v) is 6.16. The van der Waals surface area contributed by atoms with Gasteiger partial charge in [-0.25, -0.2) is 12.7 Å². The van der Waals surface area contributed by atoms with Crippen molar-refractivity contribution in [2.45, 2.75) is 44.8 Å². The summed E-state index contributed by atoms with van der Waals surface area (Å²) in [4.78, 5) is 12.4. The average Bonchev–Trinajstić information content (AvgIpc) is 3.02. The molecule has 1 aromatic rings. The number of hydrogen-bond donors (Lipinski definition) is 1. The molecule has 1 aromatic heterocycles. The van der Waals surface area contributed by atoms with Gasteiger partial charge in [-0.3, -0.25) is 9.48 Å². The van der Waals surface area contributed by atoms with Crippen LogP contribution in [0, 0.1) is 5.92 Å². The first-order chi connectivity index (χ1) is 11.9. The van der Waals surface area contributed by atoms with Gasteiger partial charge in [0.15, 0.2) is 0 Å². The third-order valence-electron chi connectivity index (χ3n) is 4.86. The van der Waals surface area contributed by atoms with Crippen molar-refractivity contribution in [3.8, 4) is 0 Å². The lowest BCUT2D eigenvalue weighted by Crippen LogP contribution is -2.40. The van der Waals surface area contributed by atoms with Gasteiger partial charge in [0.2, 0.25) is 15.9 Å². The average molecular weight is 370 g/mol. The van der Waals surface area contributed by atoms with E-state index in [1.807, 2.05) is 6.20 Å². The van der Waals surface area contributed by atoms with Crippen molar-refractivity contribution in [2.75, 3.05) is 31.3 Å². The van der Waals surface area contributed by atoms with Crippen LogP contribution in [0.15, 0.2) is 12.4 Å². The van der Waals surface area contributed by atoms with Gasteiger partial charge in [0.1, 0.15) is 0 Å². The van der Waals surface area contributed by atoms with Crippen LogP contribution in [0.1, 0.15) is 32.1 Å². The minimum atomic E-state index is -3.17. The first kappa shape index (κ1) is 18.3. The molecule has 1 N–H and O–H groups in total. The molecular formula is C16H26N4O4S. The van der Waals surface area contributed by atoms with E-state index in [9.17, 15) is 13.2 Å². The summed E-state index contributed by atoms with van der Waals surface area (Å²) in [6.07, 6.45) is 9.30. The second-order valence-electron chi connectivity index (χ2n) is 6.87. The Kier molecular flexibility index (Phi) is 5.75. The number of ether oxygens (including phenoxy) is 1. The number of sulfonamides is 1. The summed E-state index contributed by atoms with van der Waals surface area (Å²) in [6, 6.07) is 0. The fraction of sp³-hybridized carbons (Fsp3) is 0.750. The minimum absolute atomic E-state index is 0.0679. The topological polar surface area (TPSA) is 93.5 Å². The highest BCUT2D eigenvalue weighted by Gasteiger charge is 2.29. The van der Waals surface area contributed by atoms with Gasteiger partial charge >= 0.3 is 0 Å². The Bertz CT molecular complexity index is 689. The predicted octanol–water partition coefficient (Wildman–Crippen LogP) is 1.06. The maximum Gasteiger partial charge on any atom is 0.227 e. The molecule has 3 heterocycles. The monoisotopic (exact) mass is 370 g/mol. The molecule has 2 aliphatic heterocycles. The number of amides is 1. The summed E-state index contributed by atoms with van der Waals surface area (Å²) >= 11 is 0. The third kappa shape index (κ3) is 5.02. The summed E-state index contributed by atoms with van der Waals surface area (Å²) < 4.78 is 32.0. The molecule has 0 aliphatic carbocycles. The van der Waals surface area contributed by atoms with Gasteiger partial charge in [-0.05, 0) is 32.1 Å². The van der Waals surface area contributed by atoms with Gasteiger partial charge in [-0.1, -0.05) is 0 Å². The highest BCUT2D eigenvalue weighted by atomic mass is 32.2. The minimum Gasteiger partial charge on any atom is -0.376 e. The molecule has 1 amide bonds. The Morgan fingerprint density at radius 3 is 2.72 bits per heavy atom. The molecule has 3 rings (SSSR count). The fourth-order valence-corrected chi connectivity index (χ4v) is 4.26. The molecule has 0 spiro atoms. The number of rotatable bonds is 5. The van der Waals surface area contributed by atoms with E-state index in [2.05, 4.69) is 10.4 Å². The predicted molar refractivity (Wildman–Crippen MR) is 93.6 cm³/mol. The Morgan fingerprint density at radius 1 is 1.32 bits per heavy atom. The zero-order valence-electron chi connectivity index (χ0n) is 14.6. The highest BCUT2D eigenvalue weighted by Crippen LogP contribution is 2.21. The SMILES string of the molecule is CS(=O)(=O)N1CCC(C(=O)Nc2cnn(CC3CCCCO3)c2)CC1. The van der Waals surface area contributed by atoms with Gasteiger partial charge in [0, 0.05) is 31.8 Å². The lowest BCUT2D eigenvalue weighted by molar-refractivity contribution is -0.120. The molecule has 25 heavy (non-hydrogen) atoms. The number of carbonyl (C=O) groups excluding carboxylic acids is 1. The van der Waals surface area contributed by atoms with Crippen molar-refractivity contribution in [2.24, 2.45) is 5.92 Å². The zero-order valence-corrected chi connectivity index (χ0v) is 15.4. The van der Waals surface area contributed by atoms with Crippen LogP contribution in [0.4, 0.5) is 5.69 Å². The molecule has 140 valence electrons. The van der Waals surface area contributed by atoms with Crippen LogP contribution in [0.25, 0.3) is 0 Å². The van der Waals surface area contributed by atoms with Crippen LogP contribution >= 0.6 is 0 Å². The fourth-order valence-electron chi connectivity index (χ4n) is 3.38. The van der Waals surface area contributed by atoms with E-state index in [-0.39, 0.29) is 17.9 Å². The molecule has 2 saturated heterocycles. The van der Waals surface area contributed by atoms with Crippen LogP contribution in [0.2, 0.25) is 0 Å². The van der Waals surface area contributed by atoms with Crippen LogP contribution in [-0.2, 0) is 26.1 Å². The number of anilines is 1. The van der Waals surface area contributed by atoms with E-state index in [1.165, 1.54) is 17.0 Å². The van der Waals surface area contributed by atoms with Crippen LogP contribution in [0.5, 0.6) is 0 Å². The molecule has 8 nitrogen and oxygen atoms in total. The summed E-state index contributed by atoms with van der Waals surface area (Å²) in [5, 5.41) is 7.18. The lowest BCUT2D eigenvalue weighted by atomic mass is 9.97. The lowest BCUT2D eigenvalue weighted by Gasteiger charge is -2.29. The van der Waals surface area contributed by atoms with Crippen molar-refractivity contribution in [1.29, 1.82) is 0 Å². The van der Waals surface area contributed by atoms with Gasteiger partial charge in [0.25, 0.3) is 0 Å². The van der Waals surface area contributed by atoms with E-state index >= 15 is 0 Å². The maximum atomic E-state index is 12.4. The first-order valence-electron chi connectivity index (χ1n) is 8.82. The molecule has 0 aromatic carbocycles. The van der Waals surface area contributed by atoms with Crippen molar-refractivity contribution in [3.63, 3.8) is 0 Å². The summed E-state index contributed by atoms with van der Waals surface area (Å²) in [5.74, 6) is -0.232. The quantitative estimate of drug-likeness (QED) is 0.837. The second-order valence-corrected chi connectivity index (χ2v) is 8.85. The van der Waals surface area contributed by atoms with E-state index in [1.54, 1.807) is 10.9 Å². The van der Waals surface area contributed by atoms with Crippen molar-refractivity contribution < 1.29 is 17.9 Å². The van der Waals surface area contributed by atoms with Crippen LogP contribution < -0.4 is 5.32 Å². The molecule has 1 unspecified atom stereocenters.